The van der Waals surface area contributed by atoms with Crippen LogP contribution in [-0.2, 0) is 9.47 Å². The Morgan fingerprint density at radius 2 is 2.00 bits per heavy atom. The van der Waals surface area contributed by atoms with E-state index in [-0.39, 0.29) is 6.29 Å². The fraction of sp³-hybridized carbons (Fsp3) is 1.00. The number of ether oxygens (including phenoxy) is 2. The molecule has 0 bridgehead atoms. The minimum absolute atomic E-state index is 0.0868. The highest BCUT2D eigenvalue weighted by molar-refractivity contribution is 8.77. The summed E-state index contributed by atoms with van der Waals surface area (Å²) in [6, 6.07) is 0. The van der Waals surface area contributed by atoms with Crippen LogP contribution >= 0.6 is 21.6 Å². The van der Waals surface area contributed by atoms with Gasteiger partial charge in [-0.3, -0.25) is 0 Å². The van der Waals surface area contributed by atoms with Crippen molar-refractivity contribution in [3.8, 4) is 0 Å². The third-order valence-corrected chi connectivity index (χ3v) is 4.73. The Balaban J connectivity index is 1.82. The van der Waals surface area contributed by atoms with Gasteiger partial charge in [-0.1, -0.05) is 21.6 Å². The molecule has 2 saturated heterocycles. The van der Waals surface area contributed by atoms with E-state index in [1.54, 1.807) is 0 Å². The van der Waals surface area contributed by atoms with Gasteiger partial charge in [0, 0.05) is 5.75 Å². The molecule has 64 valence electrons. The standard InChI is InChI=1S/C7H12O2S2/c1-3-8-7(9-4-1)6-2-5-10-11-6/h6-7H,1-5H2. The summed E-state index contributed by atoms with van der Waals surface area (Å²) in [6.07, 6.45) is 2.38. The van der Waals surface area contributed by atoms with Crippen molar-refractivity contribution in [1.29, 1.82) is 0 Å². The maximum absolute atomic E-state index is 5.51. The first-order valence-corrected chi connectivity index (χ1v) is 6.36. The molecule has 0 aromatic carbocycles. The molecule has 2 aliphatic heterocycles. The third kappa shape index (κ3) is 2.05. The van der Waals surface area contributed by atoms with Crippen LogP contribution in [0, 0.1) is 0 Å². The molecular formula is C7H12O2S2. The Morgan fingerprint density at radius 3 is 2.64 bits per heavy atom. The van der Waals surface area contributed by atoms with Gasteiger partial charge in [-0.25, -0.2) is 0 Å². The van der Waals surface area contributed by atoms with Crippen LogP contribution in [-0.4, -0.2) is 30.5 Å². The smallest absolute Gasteiger partial charge is 0.170 e. The molecule has 0 aliphatic carbocycles. The maximum Gasteiger partial charge on any atom is 0.170 e. The van der Waals surface area contributed by atoms with E-state index in [1.807, 2.05) is 21.6 Å². The van der Waals surface area contributed by atoms with E-state index >= 15 is 0 Å². The predicted octanol–water partition coefficient (Wildman–Crippen LogP) is 1.90. The molecular weight excluding hydrogens is 180 g/mol. The van der Waals surface area contributed by atoms with Crippen LogP contribution in [0.2, 0.25) is 0 Å². The van der Waals surface area contributed by atoms with E-state index in [0.717, 1.165) is 19.6 Å². The van der Waals surface area contributed by atoms with Crippen molar-refractivity contribution < 1.29 is 9.47 Å². The van der Waals surface area contributed by atoms with Crippen molar-refractivity contribution in [3.63, 3.8) is 0 Å². The van der Waals surface area contributed by atoms with Crippen molar-refractivity contribution in [2.45, 2.75) is 24.4 Å². The highest BCUT2D eigenvalue weighted by Gasteiger charge is 2.29. The Hall–Kier alpha value is 0.620. The molecule has 2 heterocycles. The van der Waals surface area contributed by atoms with E-state index in [1.165, 1.54) is 12.2 Å². The summed E-state index contributed by atoms with van der Waals surface area (Å²) in [4.78, 5) is 0. The lowest BCUT2D eigenvalue weighted by atomic mass is 10.3. The van der Waals surface area contributed by atoms with Crippen molar-refractivity contribution >= 4 is 21.6 Å². The van der Waals surface area contributed by atoms with Gasteiger partial charge in [0.25, 0.3) is 0 Å². The van der Waals surface area contributed by atoms with Crippen molar-refractivity contribution in [2.24, 2.45) is 0 Å². The molecule has 4 heteroatoms. The van der Waals surface area contributed by atoms with E-state index in [2.05, 4.69) is 0 Å². The van der Waals surface area contributed by atoms with Crippen LogP contribution in [0.3, 0.4) is 0 Å². The third-order valence-electron chi connectivity index (χ3n) is 1.83. The van der Waals surface area contributed by atoms with Crippen molar-refractivity contribution in [1.82, 2.24) is 0 Å². The summed E-state index contributed by atoms with van der Waals surface area (Å²) in [5.41, 5.74) is 0. The predicted molar refractivity (Wildman–Crippen MR) is 48.8 cm³/mol. The molecule has 2 nitrogen and oxygen atoms in total. The number of rotatable bonds is 1. The molecule has 11 heavy (non-hydrogen) atoms. The molecule has 0 aromatic heterocycles. The molecule has 1 atom stereocenters. The first-order valence-electron chi connectivity index (χ1n) is 3.98. The summed E-state index contributed by atoms with van der Waals surface area (Å²) < 4.78 is 11.0. The van der Waals surface area contributed by atoms with Crippen molar-refractivity contribution in [3.05, 3.63) is 0 Å². The molecule has 0 amide bonds. The fourth-order valence-electron chi connectivity index (χ4n) is 1.25. The second-order valence-electron chi connectivity index (χ2n) is 2.71. The second kappa shape index (κ2) is 4.03. The Morgan fingerprint density at radius 1 is 1.18 bits per heavy atom. The van der Waals surface area contributed by atoms with Gasteiger partial charge in [0.05, 0.1) is 18.5 Å². The molecule has 0 aromatic rings. The minimum Gasteiger partial charge on any atom is -0.351 e. The summed E-state index contributed by atoms with van der Waals surface area (Å²) in [5, 5.41) is 0.584. The van der Waals surface area contributed by atoms with Gasteiger partial charge in [0.2, 0.25) is 0 Å². The molecule has 0 saturated carbocycles. The Labute approximate surface area is 74.8 Å². The lowest BCUT2D eigenvalue weighted by Gasteiger charge is -2.26. The molecule has 0 spiro atoms. The SMILES string of the molecule is C1COC(C2CCSS2)OC1. The lowest BCUT2D eigenvalue weighted by Crippen LogP contribution is -2.32. The lowest BCUT2D eigenvalue weighted by molar-refractivity contribution is -0.177. The molecule has 2 fully saturated rings. The topological polar surface area (TPSA) is 18.5 Å². The quantitative estimate of drug-likeness (QED) is 0.590. The first kappa shape index (κ1) is 8.23. The maximum atomic E-state index is 5.51. The summed E-state index contributed by atoms with van der Waals surface area (Å²) in [6.45, 7) is 1.76. The Bertz CT molecular complexity index is 120. The average Bonchev–Trinajstić information content (AvgIpc) is 2.58. The van der Waals surface area contributed by atoms with E-state index < -0.39 is 0 Å². The van der Waals surface area contributed by atoms with Gasteiger partial charge in [-0.15, -0.1) is 0 Å². The number of hydrogen-bond acceptors (Lipinski definition) is 4. The van der Waals surface area contributed by atoms with Crippen LogP contribution in [0.1, 0.15) is 12.8 Å². The molecule has 1 unspecified atom stereocenters. The van der Waals surface area contributed by atoms with Gasteiger partial charge in [0.15, 0.2) is 6.29 Å². The summed E-state index contributed by atoms with van der Waals surface area (Å²) in [5.74, 6) is 1.25. The van der Waals surface area contributed by atoms with Gasteiger partial charge >= 0.3 is 0 Å². The molecule has 2 rings (SSSR count). The van der Waals surface area contributed by atoms with Crippen LogP contribution in [0.15, 0.2) is 0 Å². The zero-order valence-corrected chi connectivity index (χ0v) is 7.96. The summed E-state index contributed by atoms with van der Waals surface area (Å²) >= 11 is 0. The zero-order chi connectivity index (χ0) is 7.52. The van der Waals surface area contributed by atoms with Gasteiger partial charge in [-0.2, -0.15) is 0 Å². The second-order valence-corrected chi connectivity index (χ2v) is 5.44. The number of hydrogen-bond donors (Lipinski definition) is 0. The molecule has 2 aliphatic rings. The Kier molecular flexibility index (Phi) is 3.01. The largest absolute Gasteiger partial charge is 0.351 e. The fourth-order valence-corrected chi connectivity index (χ4v) is 4.14. The molecule has 0 radical (unpaired) electrons. The van der Waals surface area contributed by atoms with Crippen LogP contribution in [0.4, 0.5) is 0 Å². The van der Waals surface area contributed by atoms with Crippen LogP contribution in [0.25, 0.3) is 0 Å². The first-order chi connectivity index (χ1) is 5.47. The highest BCUT2D eigenvalue weighted by Crippen LogP contribution is 2.40. The van der Waals surface area contributed by atoms with Gasteiger partial charge in [-0.05, 0) is 12.8 Å². The van der Waals surface area contributed by atoms with Gasteiger partial charge in [0.1, 0.15) is 0 Å². The average molecular weight is 192 g/mol. The zero-order valence-electron chi connectivity index (χ0n) is 6.32. The highest BCUT2D eigenvalue weighted by atomic mass is 33.1. The van der Waals surface area contributed by atoms with Crippen LogP contribution in [0.5, 0.6) is 0 Å². The monoisotopic (exact) mass is 192 g/mol. The van der Waals surface area contributed by atoms with Crippen molar-refractivity contribution in [2.75, 3.05) is 19.0 Å². The molecule has 0 N–H and O–H groups in total. The van der Waals surface area contributed by atoms with E-state index in [0.29, 0.717) is 5.25 Å². The van der Waals surface area contributed by atoms with Gasteiger partial charge < -0.3 is 9.47 Å². The summed E-state index contributed by atoms with van der Waals surface area (Å²) in [7, 11) is 3.85. The minimum atomic E-state index is 0.0868. The normalized spacial score (nSPS) is 34.4. The van der Waals surface area contributed by atoms with E-state index in [9.17, 15) is 0 Å². The van der Waals surface area contributed by atoms with E-state index in [4.69, 9.17) is 9.47 Å². The van der Waals surface area contributed by atoms with Crippen LogP contribution < -0.4 is 0 Å².